The highest BCUT2D eigenvalue weighted by atomic mass is 15.0. The third-order valence-electron chi connectivity index (χ3n) is 15.4. The van der Waals surface area contributed by atoms with Crippen molar-refractivity contribution in [2.45, 2.75) is 71.6 Å². The summed E-state index contributed by atoms with van der Waals surface area (Å²) in [6, 6.07) is 54.1. The molecular formula is C59H47BN2. The Labute approximate surface area is 362 Å². The van der Waals surface area contributed by atoms with E-state index in [1.165, 1.54) is 138 Å². The molecule has 2 aliphatic heterocycles. The molecule has 62 heavy (non-hydrogen) atoms. The lowest BCUT2D eigenvalue weighted by Gasteiger charge is -2.36. The molecule has 1 aliphatic carbocycles. The Balaban J connectivity index is 1.29. The number of aromatic nitrogens is 2. The highest BCUT2D eigenvalue weighted by Gasteiger charge is 2.49. The van der Waals surface area contributed by atoms with Crippen molar-refractivity contribution >= 4 is 77.7 Å². The van der Waals surface area contributed by atoms with Gasteiger partial charge in [0.05, 0.1) is 16.6 Å². The molecule has 8 aromatic carbocycles. The average molecular weight is 795 g/mol. The van der Waals surface area contributed by atoms with Crippen molar-refractivity contribution < 1.29 is 0 Å². The third-order valence-corrected chi connectivity index (χ3v) is 15.4. The van der Waals surface area contributed by atoms with Crippen molar-refractivity contribution in [3.05, 3.63) is 162 Å². The minimum atomic E-state index is -0.232. The predicted molar refractivity (Wildman–Crippen MR) is 266 cm³/mol. The molecule has 3 aliphatic rings. The van der Waals surface area contributed by atoms with Gasteiger partial charge in [0, 0.05) is 54.3 Å². The fraction of sp³-hybridized carbons (Fsp3) is 0.186. The summed E-state index contributed by atoms with van der Waals surface area (Å²) in [6.45, 7) is 19.2. The van der Waals surface area contributed by atoms with Gasteiger partial charge in [0.1, 0.15) is 0 Å². The summed E-state index contributed by atoms with van der Waals surface area (Å²) in [7, 11) is 0. The van der Waals surface area contributed by atoms with Crippen LogP contribution in [0.2, 0.25) is 0 Å². The standard InChI is InChI=1S/C59H47BN2/c1-57(2,3)36-23-24-47-39(29-36)42-30-37(58(4,5)6)31-44-50-51-48(38-21-15-16-22-45(38)59(51,7)8)49-43-27-34(32-17-11-9-12-18-32)25-40-41-26-35(33-19-13-10-14-20-33)28-46-55(41)61(53(40)43)56(49)52(50)60(46)62(47)54(42)44/h9-31H,1-8H3. The molecule has 3 aromatic heterocycles. The number of rotatable bonds is 2. The van der Waals surface area contributed by atoms with Crippen LogP contribution in [0, 0.1) is 0 Å². The first kappa shape index (κ1) is 35.1. The van der Waals surface area contributed by atoms with Gasteiger partial charge in [-0.3, -0.25) is 0 Å². The SMILES string of the molecule is CC(C)(C)c1ccc2c(c1)c1cc(C(C)(C)C)cc3c1n2B1c2cc(-c4ccccc4)cc4c5cc(-c6ccccc6)cc6c7c8c(c-3c1c7n(c24)c56)C(C)(C)c1ccccc1-8. The summed E-state index contributed by atoms with van der Waals surface area (Å²) >= 11 is 0. The largest absolute Gasteiger partial charge is 0.375 e. The predicted octanol–water partition coefficient (Wildman–Crippen LogP) is 14.1. The zero-order chi connectivity index (χ0) is 41.9. The molecule has 3 heteroatoms. The highest BCUT2D eigenvalue weighted by Crippen LogP contribution is 2.59. The second-order valence-corrected chi connectivity index (χ2v) is 21.3. The maximum absolute atomic E-state index is 2.79. The molecule has 14 rings (SSSR count). The van der Waals surface area contributed by atoms with Crippen LogP contribution in [-0.4, -0.2) is 15.7 Å². The van der Waals surface area contributed by atoms with Gasteiger partial charge in [0.2, 0.25) is 0 Å². The minimum Gasteiger partial charge on any atom is -0.375 e. The fourth-order valence-electron chi connectivity index (χ4n) is 12.6. The highest BCUT2D eigenvalue weighted by molar-refractivity contribution is 6.91. The minimum absolute atomic E-state index is 0.0188. The van der Waals surface area contributed by atoms with Crippen LogP contribution < -0.4 is 10.9 Å². The summed E-state index contributed by atoms with van der Waals surface area (Å²) in [5.74, 6) is 0. The lowest BCUT2D eigenvalue weighted by atomic mass is 9.45. The van der Waals surface area contributed by atoms with Crippen molar-refractivity contribution in [1.29, 1.82) is 0 Å². The van der Waals surface area contributed by atoms with E-state index in [2.05, 4.69) is 204 Å². The van der Waals surface area contributed by atoms with Gasteiger partial charge in [-0.1, -0.05) is 152 Å². The summed E-state index contributed by atoms with van der Waals surface area (Å²) in [5.41, 5.74) is 25.8. The van der Waals surface area contributed by atoms with Crippen LogP contribution in [0.4, 0.5) is 0 Å². The fourth-order valence-corrected chi connectivity index (χ4v) is 12.6. The lowest BCUT2D eigenvalue weighted by molar-refractivity contribution is 0.590. The number of benzene rings is 8. The zero-order valence-electron chi connectivity index (χ0n) is 36.8. The van der Waals surface area contributed by atoms with Crippen molar-refractivity contribution in [3.8, 4) is 44.5 Å². The Bertz CT molecular complexity index is 3830. The Kier molecular flexibility index (Phi) is 6.26. The van der Waals surface area contributed by atoms with E-state index < -0.39 is 0 Å². The molecule has 0 bridgehead atoms. The first-order chi connectivity index (χ1) is 29.8. The van der Waals surface area contributed by atoms with E-state index in [0.29, 0.717) is 0 Å². The molecule has 0 atom stereocenters. The number of nitrogens with zero attached hydrogens (tertiary/aromatic N) is 2. The summed E-state index contributed by atoms with van der Waals surface area (Å²) < 4.78 is 5.53. The molecule has 0 radical (unpaired) electrons. The van der Waals surface area contributed by atoms with Crippen molar-refractivity contribution in [2.24, 2.45) is 0 Å². The number of fused-ring (bicyclic) bond motifs is 13. The van der Waals surface area contributed by atoms with Crippen LogP contribution in [0.1, 0.15) is 77.6 Å². The van der Waals surface area contributed by atoms with E-state index in [1.807, 2.05) is 0 Å². The average Bonchev–Trinajstić information content (AvgIpc) is 3.97. The van der Waals surface area contributed by atoms with E-state index in [9.17, 15) is 0 Å². The van der Waals surface area contributed by atoms with E-state index >= 15 is 0 Å². The van der Waals surface area contributed by atoms with Gasteiger partial charge in [0.15, 0.2) is 0 Å². The second kappa shape index (κ2) is 11.1. The van der Waals surface area contributed by atoms with Crippen LogP contribution >= 0.6 is 0 Å². The van der Waals surface area contributed by atoms with Gasteiger partial charge < -0.3 is 8.88 Å². The normalized spacial score (nSPS) is 14.9. The van der Waals surface area contributed by atoms with Crippen molar-refractivity contribution in [1.82, 2.24) is 8.88 Å². The van der Waals surface area contributed by atoms with Gasteiger partial charge in [0.25, 0.3) is 0 Å². The van der Waals surface area contributed by atoms with Crippen LogP contribution in [-0.2, 0) is 16.2 Å². The monoisotopic (exact) mass is 794 g/mol. The summed E-state index contributed by atoms with van der Waals surface area (Å²) in [4.78, 5) is 0. The first-order valence-corrected chi connectivity index (χ1v) is 22.6. The van der Waals surface area contributed by atoms with E-state index in [0.717, 1.165) is 0 Å². The quantitative estimate of drug-likeness (QED) is 0.154. The van der Waals surface area contributed by atoms with Crippen LogP contribution in [0.3, 0.4) is 0 Å². The Morgan fingerprint density at radius 3 is 1.76 bits per heavy atom. The maximum Gasteiger partial charge on any atom is 0.333 e. The molecule has 11 aromatic rings. The first-order valence-electron chi connectivity index (χ1n) is 22.6. The van der Waals surface area contributed by atoms with E-state index in [1.54, 1.807) is 0 Å². The molecule has 2 nitrogen and oxygen atoms in total. The molecular weight excluding hydrogens is 747 g/mol. The molecule has 296 valence electrons. The third kappa shape index (κ3) is 4.09. The molecule has 0 spiro atoms. The molecule has 0 unspecified atom stereocenters. The smallest absolute Gasteiger partial charge is 0.333 e. The lowest BCUT2D eigenvalue weighted by Crippen LogP contribution is -2.54. The van der Waals surface area contributed by atoms with E-state index in [4.69, 9.17) is 0 Å². The molecule has 0 saturated heterocycles. The molecule has 0 saturated carbocycles. The van der Waals surface area contributed by atoms with Crippen LogP contribution in [0.5, 0.6) is 0 Å². The number of hydrogen-bond donors (Lipinski definition) is 0. The van der Waals surface area contributed by atoms with E-state index in [-0.39, 0.29) is 23.1 Å². The topological polar surface area (TPSA) is 9.34 Å². The van der Waals surface area contributed by atoms with Gasteiger partial charge in [-0.25, -0.2) is 0 Å². The van der Waals surface area contributed by atoms with Gasteiger partial charge in [-0.15, -0.1) is 0 Å². The zero-order valence-corrected chi connectivity index (χ0v) is 36.8. The Hall–Kier alpha value is -6.58. The molecule has 5 heterocycles. The molecule has 0 amide bonds. The second-order valence-electron chi connectivity index (χ2n) is 21.3. The van der Waals surface area contributed by atoms with Crippen LogP contribution in [0.15, 0.2) is 140 Å². The summed E-state index contributed by atoms with van der Waals surface area (Å²) in [5, 5.41) is 8.18. The molecule has 0 N–H and O–H groups in total. The van der Waals surface area contributed by atoms with Crippen LogP contribution in [0.25, 0.3) is 104 Å². The maximum atomic E-state index is 2.79. The Morgan fingerprint density at radius 1 is 0.468 bits per heavy atom. The van der Waals surface area contributed by atoms with Gasteiger partial charge in [-0.05, 0) is 125 Å². The van der Waals surface area contributed by atoms with Crippen molar-refractivity contribution in [2.75, 3.05) is 0 Å². The molecule has 0 fully saturated rings. The Morgan fingerprint density at radius 2 is 1.06 bits per heavy atom. The van der Waals surface area contributed by atoms with Gasteiger partial charge >= 0.3 is 6.85 Å². The number of hydrogen-bond acceptors (Lipinski definition) is 0. The summed E-state index contributed by atoms with van der Waals surface area (Å²) in [6.07, 6.45) is 0. The van der Waals surface area contributed by atoms with Gasteiger partial charge in [-0.2, -0.15) is 0 Å². The van der Waals surface area contributed by atoms with Crippen molar-refractivity contribution in [3.63, 3.8) is 0 Å².